The molecule has 0 amide bonds. The molecule has 1 aromatic rings. The van der Waals surface area contributed by atoms with Crippen LogP contribution in [0.25, 0.3) is 0 Å². The predicted molar refractivity (Wildman–Crippen MR) is 65.4 cm³/mol. The molecule has 0 aromatic heterocycles. The predicted octanol–water partition coefficient (Wildman–Crippen LogP) is 1.09. The zero-order valence-corrected chi connectivity index (χ0v) is 10.1. The van der Waals surface area contributed by atoms with Crippen molar-refractivity contribution in [2.75, 3.05) is 26.3 Å². The van der Waals surface area contributed by atoms with Crippen LogP contribution in [0.2, 0.25) is 0 Å². The number of aryl methyl sites for hydroxylation is 2. The van der Waals surface area contributed by atoms with Gasteiger partial charge in [0.25, 0.3) is 0 Å². The Morgan fingerprint density at radius 1 is 1.00 bits per heavy atom. The van der Waals surface area contributed by atoms with Gasteiger partial charge in [0.15, 0.2) is 0 Å². The van der Waals surface area contributed by atoms with E-state index in [-0.39, 0.29) is 13.2 Å². The van der Waals surface area contributed by atoms with Gasteiger partial charge in [0.2, 0.25) is 0 Å². The molecule has 0 spiro atoms. The van der Waals surface area contributed by atoms with Crippen LogP contribution in [-0.2, 0) is 6.54 Å². The highest BCUT2D eigenvalue weighted by Gasteiger charge is 2.05. The maximum absolute atomic E-state index is 8.92. The molecule has 2 N–H and O–H groups in total. The molecule has 90 valence electrons. The Labute approximate surface area is 97.3 Å². The lowest BCUT2D eigenvalue weighted by molar-refractivity contribution is 0.156. The quantitative estimate of drug-likeness (QED) is 0.758. The topological polar surface area (TPSA) is 43.7 Å². The molecular formula is C13H21NO2. The highest BCUT2D eigenvalue weighted by atomic mass is 16.3. The Kier molecular flexibility index (Phi) is 5.46. The average Bonchev–Trinajstić information content (AvgIpc) is 2.24. The summed E-state index contributed by atoms with van der Waals surface area (Å²) in [4.78, 5) is 2.05. The summed E-state index contributed by atoms with van der Waals surface area (Å²) in [6, 6.07) is 6.38. The first-order chi connectivity index (χ1) is 7.67. The molecule has 0 aliphatic heterocycles. The number of aliphatic hydroxyl groups is 2. The first-order valence-corrected chi connectivity index (χ1v) is 5.67. The molecule has 1 rings (SSSR count). The van der Waals surface area contributed by atoms with Gasteiger partial charge in [0.05, 0.1) is 13.2 Å². The molecule has 0 atom stereocenters. The van der Waals surface area contributed by atoms with Gasteiger partial charge in [-0.2, -0.15) is 0 Å². The summed E-state index contributed by atoms with van der Waals surface area (Å²) in [6.45, 7) is 6.44. The summed E-state index contributed by atoms with van der Waals surface area (Å²) in [7, 11) is 0. The standard InChI is InChI=1S/C13H21NO2/c1-11-3-4-13(9-12(11)2)10-14(5-7-15)6-8-16/h3-4,9,15-16H,5-8,10H2,1-2H3. The maximum atomic E-state index is 8.92. The third-order valence-electron chi connectivity index (χ3n) is 2.81. The van der Waals surface area contributed by atoms with Crippen LogP contribution in [0.15, 0.2) is 18.2 Å². The van der Waals surface area contributed by atoms with Crippen molar-refractivity contribution in [3.63, 3.8) is 0 Å². The average molecular weight is 223 g/mol. The summed E-state index contributed by atoms with van der Waals surface area (Å²) in [5.74, 6) is 0. The number of hydrogen-bond acceptors (Lipinski definition) is 3. The van der Waals surface area contributed by atoms with Gasteiger partial charge in [-0.1, -0.05) is 18.2 Å². The van der Waals surface area contributed by atoms with Crippen molar-refractivity contribution >= 4 is 0 Å². The Morgan fingerprint density at radius 2 is 1.62 bits per heavy atom. The molecule has 3 nitrogen and oxygen atoms in total. The minimum atomic E-state index is 0.130. The Hall–Kier alpha value is -0.900. The maximum Gasteiger partial charge on any atom is 0.0558 e. The second kappa shape index (κ2) is 6.63. The van der Waals surface area contributed by atoms with Crippen molar-refractivity contribution in [3.05, 3.63) is 34.9 Å². The lowest BCUT2D eigenvalue weighted by atomic mass is 10.1. The summed E-state index contributed by atoms with van der Waals surface area (Å²) < 4.78 is 0. The van der Waals surface area contributed by atoms with Crippen molar-refractivity contribution in [1.29, 1.82) is 0 Å². The van der Waals surface area contributed by atoms with Crippen molar-refractivity contribution in [2.24, 2.45) is 0 Å². The fraction of sp³-hybridized carbons (Fsp3) is 0.538. The minimum Gasteiger partial charge on any atom is -0.395 e. The zero-order chi connectivity index (χ0) is 12.0. The smallest absolute Gasteiger partial charge is 0.0558 e. The fourth-order valence-corrected chi connectivity index (χ4v) is 1.71. The van der Waals surface area contributed by atoms with Gasteiger partial charge >= 0.3 is 0 Å². The van der Waals surface area contributed by atoms with Crippen molar-refractivity contribution in [2.45, 2.75) is 20.4 Å². The SMILES string of the molecule is Cc1ccc(CN(CCO)CCO)cc1C. The van der Waals surface area contributed by atoms with Gasteiger partial charge < -0.3 is 10.2 Å². The first-order valence-electron chi connectivity index (χ1n) is 5.67. The number of nitrogens with zero attached hydrogens (tertiary/aromatic N) is 1. The normalized spacial score (nSPS) is 11.1. The molecule has 0 radical (unpaired) electrons. The monoisotopic (exact) mass is 223 g/mol. The molecule has 0 saturated carbocycles. The van der Waals surface area contributed by atoms with E-state index in [4.69, 9.17) is 10.2 Å². The van der Waals surface area contributed by atoms with E-state index in [0.717, 1.165) is 6.54 Å². The lowest BCUT2D eigenvalue weighted by Gasteiger charge is -2.20. The second-order valence-corrected chi connectivity index (χ2v) is 4.14. The number of benzene rings is 1. The van der Waals surface area contributed by atoms with E-state index in [1.807, 2.05) is 4.90 Å². The van der Waals surface area contributed by atoms with Crippen LogP contribution in [0.5, 0.6) is 0 Å². The Balaban J connectivity index is 2.65. The summed E-state index contributed by atoms with van der Waals surface area (Å²) in [5, 5.41) is 17.8. The molecule has 0 saturated heterocycles. The molecule has 16 heavy (non-hydrogen) atoms. The van der Waals surface area contributed by atoms with Crippen LogP contribution < -0.4 is 0 Å². The van der Waals surface area contributed by atoms with Crippen molar-refractivity contribution in [3.8, 4) is 0 Å². The van der Waals surface area contributed by atoms with Gasteiger partial charge in [-0.25, -0.2) is 0 Å². The highest BCUT2D eigenvalue weighted by molar-refractivity contribution is 5.29. The van der Waals surface area contributed by atoms with E-state index < -0.39 is 0 Å². The van der Waals surface area contributed by atoms with E-state index in [1.165, 1.54) is 16.7 Å². The number of hydrogen-bond donors (Lipinski definition) is 2. The third kappa shape index (κ3) is 3.93. The summed E-state index contributed by atoms with van der Waals surface area (Å²) in [5.41, 5.74) is 3.80. The zero-order valence-electron chi connectivity index (χ0n) is 10.1. The van der Waals surface area contributed by atoms with Crippen LogP contribution in [-0.4, -0.2) is 41.4 Å². The van der Waals surface area contributed by atoms with Gasteiger partial charge in [-0.3, -0.25) is 4.90 Å². The van der Waals surface area contributed by atoms with E-state index in [2.05, 4.69) is 32.0 Å². The molecule has 0 fully saturated rings. The van der Waals surface area contributed by atoms with Crippen LogP contribution in [0, 0.1) is 13.8 Å². The molecule has 0 heterocycles. The van der Waals surface area contributed by atoms with Gasteiger partial charge in [-0.05, 0) is 30.5 Å². The highest BCUT2D eigenvalue weighted by Crippen LogP contribution is 2.11. The van der Waals surface area contributed by atoms with Crippen LogP contribution >= 0.6 is 0 Å². The number of aliphatic hydroxyl groups excluding tert-OH is 2. The molecule has 3 heteroatoms. The largest absolute Gasteiger partial charge is 0.395 e. The Bertz CT molecular complexity index is 320. The van der Waals surface area contributed by atoms with Crippen molar-refractivity contribution in [1.82, 2.24) is 4.90 Å². The lowest BCUT2D eigenvalue weighted by Crippen LogP contribution is -2.29. The van der Waals surface area contributed by atoms with E-state index in [9.17, 15) is 0 Å². The Morgan fingerprint density at radius 3 is 2.12 bits per heavy atom. The molecule has 0 aliphatic carbocycles. The van der Waals surface area contributed by atoms with Gasteiger partial charge in [-0.15, -0.1) is 0 Å². The third-order valence-corrected chi connectivity index (χ3v) is 2.81. The minimum absolute atomic E-state index is 0.130. The van der Waals surface area contributed by atoms with Crippen LogP contribution in [0.1, 0.15) is 16.7 Å². The molecule has 0 unspecified atom stereocenters. The number of rotatable bonds is 6. The van der Waals surface area contributed by atoms with E-state index >= 15 is 0 Å². The van der Waals surface area contributed by atoms with E-state index in [0.29, 0.717) is 13.1 Å². The van der Waals surface area contributed by atoms with Crippen molar-refractivity contribution < 1.29 is 10.2 Å². The van der Waals surface area contributed by atoms with Crippen LogP contribution in [0.4, 0.5) is 0 Å². The summed E-state index contributed by atoms with van der Waals surface area (Å²) >= 11 is 0. The molecule has 0 aliphatic rings. The first kappa shape index (κ1) is 13.2. The van der Waals surface area contributed by atoms with Crippen LogP contribution in [0.3, 0.4) is 0 Å². The summed E-state index contributed by atoms with van der Waals surface area (Å²) in [6.07, 6.45) is 0. The molecule has 1 aromatic carbocycles. The molecular weight excluding hydrogens is 202 g/mol. The van der Waals surface area contributed by atoms with Gasteiger partial charge in [0.1, 0.15) is 0 Å². The fourth-order valence-electron chi connectivity index (χ4n) is 1.71. The molecule has 0 bridgehead atoms. The second-order valence-electron chi connectivity index (χ2n) is 4.14. The van der Waals surface area contributed by atoms with Gasteiger partial charge in [0, 0.05) is 19.6 Å². The van der Waals surface area contributed by atoms with E-state index in [1.54, 1.807) is 0 Å².